The Hall–Kier alpha value is -5.87. The summed E-state index contributed by atoms with van der Waals surface area (Å²) >= 11 is 6.40. The van der Waals surface area contributed by atoms with Crippen molar-refractivity contribution in [3.8, 4) is 34.5 Å². The van der Waals surface area contributed by atoms with Gasteiger partial charge in [0.1, 0.15) is 57.0 Å². The zero-order valence-corrected chi connectivity index (χ0v) is 40.1. The fourth-order valence-corrected chi connectivity index (χ4v) is 9.03. The van der Waals surface area contributed by atoms with Gasteiger partial charge in [-0.25, -0.2) is 0 Å². The minimum absolute atomic E-state index is 0.00888. The minimum atomic E-state index is -0.983. The lowest BCUT2D eigenvalue weighted by molar-refractivity contribution is -0.148. The van der Waals surface area contributed by atoms with Crippen LogP contribution in [0, 0.1) is 12.2 Å². The number of likely N-dealkylation sites (tertiary alicyclic amines) is 2. The van der Waals surface area contributed by atoms with E-state index in [0.29, 0.717) is 24.5 Å². The molecular weight excluding hydrogens is 1010 g/mol. The molecule has 0 aliphatic carbocycles. The van der Waals surface area contributed by atoms with Crippen LogP contribution in [0.4, 0.5) is 31.5 Å². The third-order valence-corrected chi connectivity index (χ3v) is 12.1. The third kappa shape index (κ3) is 12.0. The maximum absolute atomic E-state index is 14.3. The molecule has 8 rings (SSSR count). The molecule has 2 aromatic heterocycles. The zero-order valence-electron chi connectivity index (χ0n) is 36.9. The predicted octanol–water partition coefficient (Wildman–Crippen LogP) is 8.22. The van der Waals surface area contributed by atoms with Gasteiger partial charge in [-0.3, -0.25) is 9.69 Å². The Morgan fingerprint density at radius 2 is 1.09 bits per heavy atom. The molecule has 356 valence electrons. The van der Waals surface area contributed by atoms with Crippen molar-refractivity contribution in [1.82, 2.24) is 29.7 Å². The molecule has 4 aromatic carbocycles. The molecule has 0 bridgehead atoms. The van der Waals surface area contributed by atoms with E-state index in [-0.39, 0.29) is 90.1 Å². The molecule has 2 saturated heterocycles. The summed E-state index contributed by atoms with van der Waals surface area (Å²) < 4.78 is 57.0. The second-order valence-electron chi connectivity index (χ2n) is 15.7. The number of nitrogens with zero attached hydrogens (tertiary/aromatic N) is 6. The van der Waals surface area contributed by atoms with Crippen LogP contribution in [0.1, 0.15) is 32.6 Å². The number of phenols is 2. The minimum Gasteiger partial charge on any atom is -0.504 e. The summed E-state index contributed by atoms with van der Waals surface area (Å²) in [6, 6.07) is 18.4. The van der Waals surface area contributed by atoms with Crippen molar-refractivity contribution in [3.05, 3.63) is 82.0 Å². The van der Waals surface area contributed by atoms with Crippen LogP contribution in [0.3, 0.4) is 0 Å². The number of esters is 1. The molecule has 4 heterocycles. The highest BCUT2D eigenvalue weighted by Crippen LogP contribution is 2.52. The Kier molecular flexibility index (Phi) is 16.7. The van der Waals surface area contributed by atoms with Gasteiger partial charge in [0.2, 0.25) is 11.5 Å². The number of ether oxygens (including phenoxy) is 5. The van der Waals surface area contributed by atoms with Gasteiger partial charge in [-0.2, -0.15) is 28.7 Å². The van der Waals surface area contributed by atoms with Gasteiger partial charge in [0.15, 0.2) is 23.0 Å². The van der Waals surface area contributed by atoms with E-state index in [1.54, 1.807) is 0 Å². The number of carbonyl (C=O) groups excluding carboxylic acids is 1. The third-order valence-electron chi connectivity index (χ3n) is 10.9. The average Bonchev–Trinajstić information content (AvgIpc) is 4.02. The topological polar surface area (TPSA) is 206 Å². The van der Waals surface area contributed by atoms with Crippen molar-refractivity contribution < 1.29 is 52.6 Å². The highest BCUT2D eigenvalue weighted by atomic mass is 79.9. The molecule has 2 fully saturated rings. The number of phenolic OH excluding ortho intramolecular Hbond substituents is 2. The molecule has 0 spiro atoms. The van der Waals surface area contributed by atoms with E-state index in [2.05, 4.69) is 72.2 Å². The normalized spacial score (nSPS) is 14.9. The van der Waals surface area contributed by atoms with Gasteiger partial charge in [-0.15, -0.1) is 0 Å². The lowest BCUT2D eigenvalue weighted by Gasteiger charge is -2.25. The van der Waals surface area contributed by atoms with E-state index < -0.39 is 30.3 Å². The number of rotatable bonds is 17. The number of methoxy groups -OCH3 is 2. The number of fused-ring (bicyclic) bond motifs is 2. The second kappa shape index (κ2) is 22.8. The Labute approximate surface area is 401 Å². The SMILES string of the molecule is COc1c(OCC(CN2CCCC2)OC(C)=O)c(Nc2ccccc2)c2nc(F)nc(Br)c2c1O.COc1c(OCC(O)CN2CCCC2)c(Nc2ccccc2)c2nc(F)nc(Br)c2c1O. The van der Waals surface area contributed by atoms with Crippen LogP contribution in [-0.4, -0.2) is 130 Å². The van der Waals surface area contributed by atoms with E-state index in [1.165, 1.54) is 21.1 Å². The number of anilines is 4. The van der Waals surface area contributed by atoms with E-state index in [4.69, 9.17) is 23.7 Å². The van der Waals surface area contributed by atoms with Gasteiger partial charge in [0.05, 0.1) is 25.0 Å². The predicted molar refractivity (Wildman–Crippen MR) is 254 cm³/mol. The van der Waals surface area contributed by atoms with Crippen LogP contribution in [0.2, 0.25) is 0 Å². The van der Waals surface area contributed by atoms with E-state index in [0.717, 1.165) is 51.9 Å². The fourth-order valence-electron chi connectivity index (χ4n) is 7.98. The molecule has 0 saturated carbocycles. The molecule has 67 heavy (non-hydrogen) atoms. The summed E-state index contributed by atoms with van der Waals surface area (Å²) in [5.41, 5.74) is 2.12. The quantitative estimate of drug-likeness (QED) is 0.0253. The molecule has 6 aromatic rings. The highest BCUT2D eigenvalue weighted by molar-refractivity contribution is 9.10. The summed E-state index contributed by atoms with van der Waals surface area (Å²) in [7, 11) is 2.77. The number of para-hydroxylation sites is 2. The van der Waals surface area contributed by atoms with Gasteiger partial charge in [0, 0.05) is 31.4 Å². The first-order chi connectivity index (χ1) is 32.3. The number of hydrogen-bond acceptors (Lipinski definition) is 17. The number of nitrogens with one attached hydrogen (secondary N) is 2. The lowest BCUT2D eigenvalue weighted by atomic mass is 10.1. The first-order valence-corrected chi connectivity index (χ1v) is 23.0. The monoisotopic (exact) mass is 1050 g/mol. The number of aromatic hydroxyl groups is 2. The van der Waals surface area contributed by atoms with Crippen molar-refractivity contribution in [2.45, 2.75) is 44.8 Å². The number of hydrogen-bond donors (Lipinski definition) is 5. The highest BCUT2D eigenvalue weighted by Gasteiger charge is 2.30. The van der Waals surface area contributed by atoms with Crippen LogP contribution in [-0.2, 0) is 9.53 Å². The molecule has 0 radical (unpaired) electrons. The number of carbonyl (C=O) groups is 1. The number of β-amino-alcohol motifs (C(OH)–C–C–N with tert-alkyl or cyclic N) is 1. The molecule has 17 nitrogen and oxygen atoms in total. The number of aromatic nitrogens is 4. The van der Waals surface area contributed by atoms with Crippen LogP contribution >= 0.6 is 31.9 Å². The summed E-state index contributed by atoms with van der Waals surface area (Å²) in [5.74, 6) is -0.775. The largest absolute Gasteiger partial charge is 0.504 e. The fraction of sp³-hybridized carbons (Fsp3) is 0.370. The second-order valence-corrected chi connectivity index (χ2v) is 17.2. The summed E-state index contributed by atoms with van der Waals surface area (Å²) in [5, 5.41) is 39.0. The Balaban J connectivity index is 0.000000200. The van der Waals surface area contributed by atoms with Crippen LogP contribution in [0.5, 0.6) is 34.5 Å². The van der Waals surface area contributed by atoms with Crippen molar-refractivity contribution in [2.75, 3.05) is 77.3 Å². The van der Waals surface area contributed by atoms with Crippen molar-refractivity contribution in [2.24, 2.45) is 0 Å². The van der Waals surface area contributed by atoms with Crippen molar-refractivity contribution in [3.63, 3.8) is 0 Å². The molecule has 5 N–H and O–H groups in total. The van der Waals surface area contributed by atoms with Gasteiger partial charge < -0.3 is 54.5 Å². The molecule has 2 aliphatic heterocycles. The van der Waals surface area contributed by atoms with Crippen molar-refractivity contribution >= 4 is 82.4 Å². The smallest absolute Gasteiger partial charge is 0.310 e. The number of benzene rings is 4. The van der Waals surface area contributed by atoms with E-state index >= 15 is 0 Å². The first-order valence-electron chi connectivity index (χ1n) is 21.5. The van der Waals surface area contributed by atoms with Crippen LogP contribution < -0.4 is 29.6 Å². The summed E-state index contributed by atoms with van der Waals surface area (Å²) in [6.45, 7) is 6.00. The summed E-state index contributed by atoms with van der Waals surface area (Å²) in [4.78, 5) is 31.3. The molecule has 21 heteroatoms. The molecule has 2 atom stereocenters. The van der Waals surface area contributed by atoms with Crippen LogP contribution in [0.25, 0.3) is 21.8 Å². The van der Waals surface area contributed by atoms with Crippen LogP contribution in [0.15, 0.2) is 69.9 Å². The van der Waals surface area contributed by atoms with E-state index in [9.17, 15) is 28.9 Å². The molecule has 0 amide bonds. The van der Waals surface area contributed by atoms with Crippen molar-refractivity contribution in [1.29, 1.82) is 0 Å². The Morgan fingerprint density at radius 3 is 1.51 bits per heavy atom. The molecule has 2 aliphatic rings. The lowest BCUT2D eigenvalue weighted by Crippen LogP contribution is -2.37. The average molecular weight is 1060 g/mol. The standard InChI is InChI=1S/C24H26BrFN4O5.C22H24BrFN4O4/c1-14(31)35-16(12-30-10-6-7-11-30)13-34-21-19(27-15-8-4-3-5-9-15)18-17(20(32)22(21)33-2)23(25)29-24(26)28-18;1-31-20-18(30)15-16(26-22(24)27-21(15)23)17(25-13-7-3-2-4-8-13)19(20)32-12-14(29)11-28-9-5-6-10-28/h3-5,8-9,16,27,32H,6-7,10-13H2,1-2H3;2-4,7-8,14,25,29-30H,5-6,9-12H2,1H3. The first kappa shape index (κ1) is 49.0. The maximum atomic E-state index is 14.3. The Morgan fingerprint density at radius 1 is 0.672 bits per heavy atom. The van der Waals surface area contributed by atoms with Gasteiger partial charge in [-0.05, 0) is 108 Å². The van der Waals surface area contributed by atoms with Gasteiger partial charge in [0.25, 0.3) is 0 Å². The number of aliphatic hydroxyl groups is 1. The summed E-state index contributed by atoms with van der Waals surface area (Å²) in [6.07, 6.45) is 1.14. The van der Waals surface area contributed by atoms with Gasteiger partial charge >= 0.3 is 18.1 Å². The number of halogens is 4. The van der Waals surface area contributed by atoms with E-state index in [1.807, 2.05) is 60.7 Å². The maximum Gasteiger partial charge on any atom is 0.310 e. The molecular formula is C46H50Br2F2N8O9. The zero-order chi connectivity index (χ0) is 47.6. The van der Waals surface area contributed by atoms with Gasteiger partial charge in [-0.1, -0.05) is 36.4 Å². The molecule has 2 unspecified atom stereocenters. The number of aliphatic hydroxyl groups excluding tert-OH is 1. The Bertz CT molecular complexity index is 2670.